The van der Waals surface area contributed by atoms with Gasteiger partial charge in [0.25, 0.3) is 0 Å². The van der Waals surface area contributed by atoms with E-state index in [4.69, 9.17) is 9.26 Å². The molecule has 0 saturated carbocycles. The summed E-state index contributed by atoms with van der Waals surface area (Å²) in [5.41, 5.74) is 2.89. The Balaban J connectivity index is 1.40. The van der Waals surface area contributed by atoms with Crippen LogP contribution in [0.1, 0.15) is 36.4 Å². The maximum atomic E-state index is 13.0. The standard InChI is InChI=1S/C23H26N4O3/c1-17-7-2-3-10-20(17)23-25-21(30-26-23)11-12-22(28)27(16-19-9-6-14-29-19)15-18-8-4-5-13-24-18/h2-5,7-8,10,13,19H,6,9,11-12,14-16H2,1H3. The van der Waals surface area contributed by atoms with Crippen molar-refractivity contribution in [1.82, 2.24) is 20.0 Å². The molecule has 7 nitrogen and oxygen atoms in total. The average molecular weight is 406 g/mol. The van der Waals surface area contributed by atoms with E-state index in [0.717, 1.165) is 36.3 Å². The predicted octanol–water partition coefficient (Wildman–Crippen LogP) is 3.58. The molecule has 0 aliphatic carbocycles. The molecule has 0 radical (unpaired) electrons. The Bertz CT molecular complexity index is 967. The molecule has 1 aliphatic heterocycles. The number of hydrogen-bond donors (Lipinski definition) is 0. The van der Waals surface area contributed by atoms with E-state index in [1.54, 1.807) is 6.20 Å². The minimum absolute atomic E-state index is 0.0341. The first-order valence-electron chi connectivity index (χ1n) is 10.4. The van der Waals surface area contributed by atoms with Crippen LogP contribution < -0.4 is 0 Å². The number of aromatic nitrogens is 3. The molecule has 2 aromatic heterocycles. The summed E-state index contributed by atoms with van der Waals surface area (Å²) < 4.78 is 11.1. The second-order valence-electron chi connectivity index (χ2n) is 7.56. The molecule has 1 aromatic carbocycles. The summed E-state index contributed by atoms with van der Waals surface area (Å²) in [6, 6.07) is 13.6. The molecule has 1 amide bonds. The maximum Gasteiger partial charge on any atom is 0.227 e. The van der Waals surface area contributed by atoms with E-state index in [9.17, 15) is 4.79 Å². The molecule has 1 fully saturated rings. The van der Waals surface area contributed by atoms with Gasteiger partial charge in [-0.15, -0.1) is 0 Å². The van der Waals surface area contributed by atoms with Crippen molar-refractivity contribution in [3.8, 4) is 11.4 Å². The first-order valence-corrected chi connectivity index (χ1v) is 10.4. The predicted molar refractivity (Wildman–Crippen MR) is 111 cm³/mol. The summed E-state index contributed by atoms with van der Waals surface area (Å²) in [5.74, 6) is 1.06. The average Bonchev–Trinajstić information content (AvgIpc) is 3.45. The normalized spacial score (nSPS) is 16.0. The van der Waals surface area contributed by atoms with E-state index < -0.39 is 0 Å². The Hall–Kier alpha value is -3.06. The Morgan fingerprint density at radius 1 is 1.20 bits per heavy atom. The van der Waals surface area contributed by atoms with Crippen LogP contribution in [0.3, 0.4) is 0 Å². The fourth-order valence-electron chi connectivity index (χ4n) is 3.64. The molecule has 1 aliphatic rings. The highest BCUT2D eigenvalue weighted by Gasteiger charge is 2.23. The van der Waals surface area contributed by atoms with Gasteiger partial charge in [-0.1, -0.05) is 35.5 Å². The van der Waals surface area contributed by atoms with E-state index in [2.05, 4.69) is 15.1 Å². The third kappa shape index (κ3) is 5.10. The fraction of sp³-hybridized carbons (Fsp3) is 0.391. The van der Waals surface area contributed by atoms with Crippen LogP contribution in [0.5, 0.6) is 0 Å². The number of pyridine rings is 1. The lowest BCUT2D eigenvalue weighted by molar-refractivity contribution is -0.133. The van der Waals surface area contributed by atoms with Crippen LogP contribution in [0.2, 0.25) is 0 Å². The van der Waals surface area contributed by atoms with Crippen molar-refractivity contribution in [3.05, 3.63) is 65.8 Å². The van der Waals surface area contributed by atoms with Crippen LogP contribution in [0.4, 0.5) is 0 Å². The minimum atomic E-state index is 0.0341. The Kier molecular flexibility index (Phi) is 6.49. The molecule has 0 N–H and O–H groups in total. The fourth-order valence-corrected chi connectivity index (χ4v) is 3.64. The number of carbonyl (C=O) groups excluding carboxylic acids is 1. The van der Waals surface area contributed by atoms with Gasteiger partial charge in [-0.3, -0.25) is 9.78 Å². The second-order valence-corrected chi connectivity index (χ2v) is 7.56. The molecule has 0 bridgehead atoms. The van der Waals surface area contributed by atoms with Crippen molar-refractivity contribution in [2.75, 3.05) is 13.2 Å². The molecule has 3 heterocycles. The molecule has 3 aromatic rings. The first-order chi connectivity index (χ1) is 14.7. The van der Waals surface area contributed by atoms with Gasteiger partial charge >= 0.3 is 0 Å². The zero-order valence-corrected chi connectivity index (χ0v) is 17.2. The van der Waals surface area contributed by atoms with Gasteiger partial charge < -0.3 is 14.2 Å². The number of aryl methyl sites for hydroxylation is 2. The number of nitrogens with zero attached hydrogens (tertiary/aromatic N) is 4. The molecule has 7 heteroatoms. The molecule has 4 rings (SSSR count). The van der Waals surface area contributed by atoms with Crippen LogP contribution in [-0.4, -0.2) is 45.2 Å². The van der Waals surface area contributed by atoms with Crippen molar-refractivity contribution in [1.29, 1.82) is 0 Å². The number of benzene rings is 1. The number of rotatable bonds is 8. The zero-order chi connectivity index (χ0) is 20.8. The molecule has 1 saturated heterocycles. The van der Waals surface area contributed by atoms with Gasteiger partial charge in [0.2, 0.25) is 17.6 Å². The highest BCUT2D eigenvalue weighted by molar-refractivity contribution is 5.76. The quantitative estimate of drug-likeness (QED) is 0.569. The third-order valence-corrected chi connectivity index (χ3v) is 5.29. The summed E-state index contributed by atoms with van der Waals surface area (Å²) in [7, 11) is 0. The number of amides is 1. The van der Waals surface area contributed by atoms with E-state index >= 15 is 0 Å². The highest BCUT2D eigenvalue weighted by atomic mass is 16.5. The Morgan fingerprint density at radius 3 is 2.83 bits per heavy atom. The van der Waals surface area contributed by atoms with Crippen LogP contribution in [-0.2, 0) is 22.5 Å². The third-order valence-electron chi connectivity index (χ3n) is 5.29. The molecular formula is C23H26N4O3. The van der Waals surface area contributed by atoms with Gasteiger partial charge in [0.15, 0.2) is 0 Å². The van der Waals surface area contributed by atoms with Crippen LogP contribution in [0.15, 0.2) is 53.2 Å². The van der Waals surface area contributed by atoms with E-state index in [0.29, 0.717) is 37.6 Å². The van der Waals surface area contributed by atoms with Crippen molar-refractivity contribution < 1.29 is 14.1 Å². The SMILES string of the molecule is Cc1ccccc1-c1noc(CCC(=O)N(Cc2ccccn2)CC2CCCO2)n1. The number of carbonyl (C=O) groups is 1. The lowest BCUT2D eigenvalue weighted by atomic mass is 10.1. The van der Waals surface area contributed by atoms with Crippen molar-refractivity contribution in [3.63, 3.8) is 0 Å². The lowest BCUT2D eigenvalue weighted by Crippen LogP contribution is -2.37. The van der Waals surface area contributed by atoms with Gasteiger partial charge in [-0.05, 0) is 37.5 Å². The van der Waals surface area contributed by atoms with Gasteiger partial charge in [0, 0.05) is 37.8 Å². The minimum Gasteiger partial charge on any atom is -0.376 e. The molecule has 1 unspecified atom stereocenters. The van der Waals surface area contributed by atoms with Gasteiger partial charge in [-0.25, -0.2) is 0 Å². The largest absolute Gasteiger partial charge is 0.376 e. The van der Waals surface area contributed by atoms with Crippen LogP contribution in [0, 0.1) is 6.92 Å². The number of hydrogen-bond acceptors (Lipinski definition) is 6. The smallest absolute Gasteiger partial charge is 0.227 e. The van der Waals surface area contributed by atoms with E-state index in [1.807, 2.05) is 54.3 Å². The monoisotopic (exact) mass is 406 g/mol. The molecule has 30 heavy (non-hydrogen) atoms. The van der Waals surface area contributed by atoms with E-state index in [-0.39, 0.29) is 12.0 Å². The second kappa shape index (κ2) is 9.63. The summed E-state index contributed by atoms with van der Waals surface area (Å²) in [4.78, 5) is 23.7. The lowest BCUT2D eigenvalue weighted by Gasteiger charge is -2.25. The summed E-state index contributed by atoms with van der Waals surface area (Å²) >= 11 is 0. The zero-order valence-electron chi connectivity index (χ0n) is 17.2. The molecule has 1 atom stereocenters. The van der Waals surface area contributed by atoms with Crippen molar-refractivity contribution in [2.45, 2.75) is 45.3 Å². The first kappa shape index (κ1) is 20.2. The highest BCUT2D eigenvalue weighted by Crippen LogP contribution is 2.20. The molecule has 0 spiro atoms. The van der Waals surface area contributed by atoms with Crippen molar-refractivity contribution in [2.24, 2.45) is 0 Å². The maximum absolute atomic E-state index is 13.0. The molecule has 156 valence electrons. The summed E-state index contributed by atoms with van der Waals surface area (Å²) in [6.45, 7) is 3.82. The topological polar surface area (TPSA) is 81.4 Å². The van der Waals surface area contributed by atoms with Crippen molar-refractivity contribution >= 4 is 5.91 Å². The Morgan fingerprint density at radius 2 is 2.07 bits per heavy atom. The summed E-state index contributed by atoms with van der Waals surface area (Å²) in [5, 5.41) is 4.08. The molecular weight excluding hydrogens is 380 g/mol. The van der Waals surface area contributed by atoms with Crippen LogP contribution in [0.25, 0.3) is 11.4 Å². The van der Waals surface area contributed by atoms with Crippen LogP contribution >= 0.6 is 0 Å². The van der Waals surface area contributed by atoms with E-state index in [1.165, 1.54) is 0 Å². The summed E-state index contributed by atoms with van der Waals surface area (Å²) in [6.07, 6.45) is 4.57. The Labute approximate surface area is 176 Å². The number of ether oxygens (including phenoxy) is 1. The van der Waals surface area contributed by atoms with Gasteiger partial charge in [0.05, 0.1) is 18.3 Å². The van der Waals surface area contributed by atoms with Gasteiger partial charge in [-0.2, -0.15) is 4.98 Å². The van der Waals surface area contributed by atoms with Gasteiger partial charge in [0.1, 0.15) is 0 Å².